The Labute approximate surface area is 77.2 Å². The van der Waals surface area contributed by atoms with Crippen molar-refractivity contribution in [3.63, 3.8) is 0 Å². The minimum atomic E-state index is 0.347. The van der Waals surface area contributed by atoms with Crippen molar-refractivity contribution in [2.75, 3.05) is 6.54 Å². The molecule has 1 N–H and O–H groups in total. The fraction of sp³-hybridized carbons (Fsp3) is 0.400. The number of carbonyl (C=O) groups excluding carboxylic acids is 1. The van der Waals surface area contributed by atoms with Crippen molar-refractivity contribution < 1.29 is 4.79 Å². The van der Waals surface area contributed by atoms with Crippen molar-refractivity contribution in [3.05, 3.63) is 29.6 Å². The van der Waals surface area contributed by atoms with Gasteiger partial charge in [-0.2, -0.15) is 0 Å². The Morgan fingerprint density at radius 2 is 2.54 bits per heavy atom. The van der Waals surface area contributed by atoms with Crippen LogP contribution in [-0.4, -0.2) is 17.8 Å². The number of hydrogen-bond donors (Lipinski definition) is 1. The highest BCUT2D eigenvalue weighted by Gasteiger charge is 2.17. The highest BCUT2D eigenvalue weighted by Crippen LogP contribution is 2.21. The summed E-state index contributed by atoms with van der Waals surface area (Å²) >= 11 is 0. The van der Waals surface area contributed by atoms with E-state index in [-0.39, 0.29) is 0 Å². The lowest BCUT2D eigenvalue weighted by atomic mass is 10.1. The first-order chi connectivity index (χ1) is 6.40. The van der Waals surface area contributed by atoms with E-state index in [1.165, 1.54) is 6.42 Å². The monoisotopic (exact) mass is 176 g/mol. The molecule has 0 amide bonds. The molecule has 0 bridgehead atoms. The van der Waals surface area contributed by atoms with E-state index >= 15 is 0 Å². The first-order valence-corrected chi connectivity index (χ1v) is 4.54. The molecule has 0 aromatic carbocycles. The van der Waals surface area contributed by atoms with Gasteiger partial charge in [0.15, 0.2) is 0 Å². The number of aldehydes is 1. The predicted molar refractivity (Wildman–Crippen MR) is 49.6 cm³/mol. The SMILES string of the molecule is O=Cc1ccnc([C@H]2CCCN2)c1. The fourth-order valence-corrected chi connectivity index (χ4v) is 1.67. The maximum absolute atomic E-state index is 10.5. The Balaban J connectivity index is 2.23. The molecule has 2 rings (SSSR count). The van der Waals surface area contributed by atoms with Crippen LogP contribution in [0.4, 0.5) is 0 Å². The zero-order valence-corrected chi connectivity index (χ0v) is 7.36. The van der Waals surface area contributed by atoms with Crippen LogP contribution in [0, 0.1) is 0 Å². The average Bonchev–Trinajstić information content (AvgIpc) is 2.71. The number of aromatic nitrogens is 1. The van der Waals surface area contributed by atoms with Gasteiger partial charge in [-0.05, 0) is 31.5 Å². The van der Waals surface area contributed by atoms with Gasteiger partial charge in [0.1, 0.15) is 6.29 Å². The molecule has 1 atom stereocenters. The number of pyridine rings is 1. The summed E-state index contributed by atoms with van der Waals surface area (Å²) in [5.41, 5.74) is 1.70. The average molecular weight is 176 g/mol. The molecule has 0 radical (unpaired) electrons. The third-order valence-electron chi connectivity index (χ3n) is 2.36. The quantitative estimate of drug-likeness (QED) is 0.691. The summed E-state index contributed by atoms with van der Waals surface area (Å²) in [6.45, 7) is 1.05. The van der Waals surface area contributed by atoms with Crippen LogP contribution in [0.25, 0.3) is 0 Å². The molecule has 1 aliphatic heterocycles. The summed E-state index contributed by atoms with van der Waals surface area (Å²) in [5.74, 6) is 0. The standard InChI is InChI=1S/C10H12N2O/c13-7-8-3-5-12-10(6-8)9-2-1-4-11-9/h3,5-7,9,11H,1-2,4H2/t9-/m1/s1. The third kappa shape index (κ3) is 1.75. The van der Waals surface area contributed by atoms with E-state index in [0.29, 0.717) is 11.6 Å². The lowest BCUT2D eigenvalue weighted by Gasteiger charge is -2.08. The lowest BCUT2D eigenvalue weighted by molar-refractivity contribution is 0.112. The van der Waals surface area contributed by atoms with Crippen molar-refractivity contribution in [1.29, 1.82) is 0 Å². The normalized spacial score (nSPS) is 21.7. The van der Waals surface area contributed by atoms with Crippen LogP contribution < -0.4 is 5.32 Å². The van der Waals surface area contributed by atoms with Gasteiger partial charge in [0.05, 0.1) is 5.69 Å². The molecule has 13 heavy (non-hydrogen) atoms. The van der Waals surface area contributed by atoms with Gasteiger partial charge in [0.25, 0.3) is 0 Å². The smallest absolute Gasteiger partial charge is 0.150 e. The second-order valence-electron chi connectivity index (χ2n) is 3.28. The minimum absolute atomic E-state index is 0.347. The summed E-state index contributed by atoms with van der Waals surface area (Å²) in [4.78, 5) is 14.8. The molecule has 1 aliphatic rings. The second-order valence-corrected chi connectivity index (χ2v) is 3.28. The van der Waals surface area contributed by atoms with Crippen LogP contribution in [-0.2, 0) is 0 Å². The maximum atomic E-state index is 10.5. The third-order valence-corrected chi connectivity index (χ3v) is 2.36. The molecule has 0 spiro atoms. The van der Waals surface area contributed by atoms with Crippen LogP contribution >= 0.6 is 0 Å². The molecule has 1 fully saturated rings. The summed E-state index contributed by atoms with van der Waals surface area (Å²) in [7, 11) is 0. The zero-order chi connectivity index (χ0) is 9.10. The number of nitrogens with zero attached hydrogens (tertiary/aromatic N) is 1. The van der Waals surface area contributed by atoms with Gasteiger partial charge in [0, 0.05) is 17.8 Å². The van der Waals surface area contributed by atoms with E-state index < -0.39 is 0 Å². The van der Waals surface area contributed by atoms with E-state index in [1.807, 2.05) is 6.07 Å². The summed E-state index contributed by atoms with van der Waals surface area (Å²) in [6.07, 6.45) is 4.87. The first kappa shape index (κ1) is 8.38. The predicted octanol–water partition coefficient (Wildman–Crippen LogP) is 1.32. The minimum Gasteiger partial charge on any atom is -0.309 e. The number of hydrogen-bond acceptors (Lipinski definition) is 3. The van der Waals surface area contributed by atoms with E-state index in [2.05, 4.69) is 10.3 Å². The van der Waals surface area contributed by atoms with E-state index in [4.69, 9.17) is 0 Å². The molecule has 0 unspecified atom stereocenters. The summed E-state index contributed by atoms with van der Waals surface area (Å²) in [5, 5.41) is 3.35. The van der Waals surface area contributed by atoms with Crippen LogP contribution in [0.5, 0.6) is 0 Å². The highest BCUT2D eigenvalue weighted by atomic mass is 16.1. The Hall–Kier alpha value is -1.22. The molecule has 1 saturated heterocycles. The van der Waals surface area contributed by atoms with Crippen molar-refractivity contribution in [1.82, 2.24) is 10.3 Å². The van der Waals surface area contributed by atoms with E-state index in [1.54, 1.807) is 12.3 Å². The largest absolute Gasteiger partial charge is 0.309 e. The Morgan fingerprint density at radius 1 is 1.62 bits per heavy atom. The molecule has 1 aromatic heterocycles. The van der Waals surface area contributed by atoms with Crippen LogP contribution in [0.1, 0.15) is 34.9 Å². The van der Waals surface area contributed by atoms with Crippen molar-refractivity contribution in [3.8, 4) is 0 Å². The Bertz CT molecular complexity index is 306. The highest BCUT2D eigenvalue weighted by molar-refractivity contribution is 5.74. The molecule has 2 heterocycles. The summed E-state index contributed by atoms with van der Waals surface area (Å²) < 4.78 is 0. The van der Waals surface area contributed by atoms with Crippen LogP contribution in [0.3, 0.4) is 0 Å². The Morgan fingerprint density at radius 3 is 3.23 bits per heavy atom. The topological polar surface area (TPSA) is 42.0 Å². The lowest BCUT2D eigenvalue weighted by Crippen LogP contribution is -2.14. The van der Waals surface area contributed by atoms with Crippen molar-refractivity contribution in [2.24, 2.45) is 0 Å². The van der Waals surface area contributed by atoms with Gasteiger partial charge >= 0.3 is 0 Å². The van der Waals surface area contributed by atoms with Crippen molar-refractivity contribution in [2.45, 2.75) is 18.9 Å². The summed E-state index contributed by atoms with van der Waals surface area (Å²) in [6, 6.07) is 3.93. The number of carbonyl (C=O) groups is 1. The molecule has 68 valence electrons. The van der Waals surface area contributed by atoms with Gasteiger partial charge < -0.3 is 5.32 Å². The molecule has 0 saturated carbocycles. The first-order valence-electron chi connectivity index (χ1n) is 4.54. The molecule has 3 heteroatoms. The van der Waals surface area contributed by atoms with E-state index in [0.717, 1.165) is 24.9 Å². The van der Waals surface area contributed by atoms with Crippen LogP contribution in [0.15, 0.2) is 18.3 Å². The number of nitrogens with one attached hydrogen (secondary N) is 1. The fourth-order valence-electron chi connectivity index (χ4n) is 1.67. The molecule has 1 aromatic rings. The molecule has 0 aliphatic carbocycles. The van der Waals surface area contributed by atoms with Gasteiger partial charge in [-0.1, -0.05) is 0 Å². The second kappa shape index (κ2) is 3.66. The van der Waals surface area contributed by atoms with Gasteiger partial charge in [0.2, 0.25) is 0 Å². The van der Waals surface area contributed by atoms with Crippen LogP contribution in [0.2, 0.25) is 0 Å². The van der Waals surface area contributed by atoms with Gasteiger partial charge in [-0.3, -0.25) is 9.78 Å². The van der Waals surface area contributed by atoms with Gasteiger partial charge in [-0.25, -0.2) is 0 Å². The zero-order valence-electron chi connectivity index (χ0n) is 7.36. The number of rotatable bonds is 2. The molecular weight excluding hydrogens is 164 g/mol. The molecular formula is C10H12N2O. The van der Waals surface area contributed by atoms with Gasteiger partial charge in [-0.15, -0.1) is 0 Å². The molecule has 3 nitrogen and oxygen atoms in total. The Kier molecular flexibility index (Phi) is 2.36. The maximum Gasteiger partial charge on any atom is 0.150 e. The van der Waals surface area contributed by atoms with Crippen molar-refractivity contribution >= 4 is 6.29 Å². The van der Waals surface area contributed by atoms with E-state index in [9.17, 15) is 4.79 Å².